The molecule has 1 N–H and O–H groups in total. The van der Waals surface area contributed by atoms with Gasteiger partial charge in [-0.25, -0.2) is 0 Å². The zero-order chi connectivity index (χ0) is 16.1. The topological polar surface area (TPSA) is 70.0 Å². The van der Waals surface area contributed by atoms with Gasteiger partial charge in [-0.05, 0) is 42.5 Å². The number of carbonyl (C=O) groups is 2. The van der Waals surface area contributed by atoms with Crippen LogP contribution in [0.3, 0.4) is 0 Å². The average molecular weight is 310 g/mol. The van der Waals surface area contributed by atoms with Crippen LogP contribution >= 0.6 is 0 Å². The van der Waals surface area contributed by atoms with Crippen molar-refractivity contribution in [1.82, 2.24) is 4.90 Å². The zero-order valence-electron chi connectivity index (χ0n) is 13.0. The lowest BCUT2D eigenvalue weighted by Crippen LogP contribution is -2.34. The Kier molecular flexibility index (Phi) is 3.11. The van der Waals surface area contributed by atoms with Crippen molar-refractivity contribution >= 4 is 17.6 Å². The summed E-state index contributed by atoms with van der Waals surface area (Å²) in [5, 5.41) is 9.84. The van der Waals surface area contributed by atoms with E-state index >= 15 is 0 Å². The van der Waals surface area contributed by atoms with E-state index in [4.69, 9.17) is 0 Å². The molecule has 1 unspecified atom stereocenters. The highest BCUT2D eigenvalue weighted by Gasteiger charge is 2.45. The summed E-state index contributed by atoms with van der Waals surface area (Å²) < 4.78 is 0. The van der Waals surface area contributed by atoms with Gasteiger partial charge < -0.3 is 5.11 Å². The Morgan fingerprint density at radius 3 is 2.96 bits per heavy atom. The van der Waals surface area contributed by atoms with Gasteiger partial charge >= 0.3 is 0 Å². The second kappa shape index (κ2) is 5.05. The molecule has 2 aliphatic heterocycles. The molecule has 1 saturated heterocycles. The van der Waals surface area contributed by atoms with Gasteiger partial charge in [-0.2, -0.15) is 4.99 Å². The monoisotopic (exact) mass is 310 g/mol. The third-order valence-electron chi connectivity index (χ3n) is 4.99. The lowest BCUT2D eigenvalue weighted by molar-refractivity contribution is -0.123. The molecule has 1 fully saturated rings. The highest BCUT2D eigenvalue weighted by molar-refractivity contribution is 6.21. The Morgan fingerprint density at radius 1 is 1.30 bits per heavy atom. The second-order valence-corrected chi connectivity index (χ2v) is 6.49. The number of aliphatic imine (C=N–C) groups is 1. The fraction of sp³-hybridized carbons (Fsp3) is 0.389. The highest BCUT2D eigenvalue weighted by atomic mass is 16.3. The third kappa shape index (κ3) is 2.11. The van der Waals surface area contributed by atoms with Gasteiger partial charge in [0.1, 0.15) is 11.6 Å². The largest absolute Gasteiger partial charge is 0.508 e. The summed E-state index contributed by atoms with van der Waals surface area (Å²) in [7, 11) is 0. The molecule has 5 heteroatoms. The Morgan fingerprint density at radius 2 is 2.13 bits per heavy atom. The molecule has 0 radical (unpaired) electrons. The van der Waals surface area contributed by atoms with E-state index in [1.165, 1.54) is 0 Å². The van der Waals surface area contributed by atoms with Crippen LogP contribution in [0.15, 0.2) is 34.8 Å². The molecule has 23 heavy (non-hydrogen) atoms. The molecule has 3 aliphatic rings. The van der Waals surface area contributed by atoms with E-state index in [9.17, 15) is 14.7 Å². The van der Waals surface area contributed by atoms with Crippen molar-refractivity contribution in [2.75, 3.05) is 6.54 Å². The van der Waals surface area contributed by atoms with Crippen molar-refractivity contribution in [2.45, 2.75) is 32.1 Å². The van der Waals surface area contributed by atoms with Crippen LogP contribution in [0, 0.1) is 5.92 Å². The van der Waals surface area contributed by atoms with Crippen molar-refractivity contribution in [3.05, 3.63) is 41.0 Å². The average Bonchev–Trinajstić information content (AvgIpc) is 2.78. The normalized spacial score (nSPS) is 26.6. The fourth-order valence-corrected chi connectivity index (χ4v) is 3.69. The number of amidine groups is 1. The summed E-state index contributed by atoms with van der Waals surface area (Å²) in [5.74, 6) is 0.0510. The highest BCUT2D eigenvalue weighted by Crippen LogP contribution is 2.42. The van der Waals surface area contributed by atoms with Crippen LogP contribution in [0.1, 0.15) is 36.8 Å². The van der Waals surface area contributed by atoms with Gasteiger partial charge in [0, 0.05) is 18.0 Å². The first-order chi connectivity index (χ1) is 11.1. The van der Waals surface area contributed by atoms with Crippen molar-refractivity contribution in [3.8, 4) is 5.75 Å². The molecule has 0 aromatic heterocycles. The molecule has 1 aromatic carbocycles. The molecular formula is C18H18N2O3. The van der Waals surface area contributed by atoms with Gasteiger partial charge in [-0.1, -0.05) is 19.1 Å². The number of rotatable bonds is 0. The smallest absolute Gasteiger partial charge is 0.255 e. The molecule has 2 atom stereocenters. The summed E-state index contributed by atoms with van der Waals surface area (Å²) in [6.07, 6.45) is 4.15. The van der Waals surface area contributed by atoms with Crippen LogP contribution < -0.4 is 0 Å². The van der Waals surface area contributed by atoms with E-state index in [-0.39, 0.29) is 29.4 Å². The molecule has 0 saturated carbocycles. The van der Waals surface area contributed by atoms with Crippen molar-refractivity contribution < 1.29 is 14.7 Å². The molecule has 0 spiro atoms. The standard InChI is InChI=1S/C18H18N2O3/c1-10-3-2-8-20-16(19-17(10)22)15-13(18(20)23)7-5-11-4-6-12(21)9-14(11)15/h4,6-7,9-10,15,21H,2-3,5,8H2,1H3/t10-,15?/m0/s1. The van der Waals surface area contributed by atoms with E-state index in [1.807, 2.05) is 19.1 Å². The molecule has 5 nitrogen and oxygen atoms in total. The first kappa shape index (κ1) is 14.2. The van der Waals surface area contributed by atoms with E-state index < -0.39 is 0 Å². The predicted octanol–water partition coefficient (Wildman–Crippen LogP) is 2.16. The molecule has 1 aromatic rings. The Hall–Kier alpha value is -2.43. The van der Waals surface area contributed by atoms with E-state index in [0.717, 1.165) is 24.0 Å². The van der Waals surface area contributed by atoms with Crippen molar-refractivity contribution in [1.29, 1.82) is 0 Å². The Balaban J connectivity index is 1.89. The number of fused-ring (bicyclic) bond motifs is 5. The number of amides is 2. The number of carbonyl (C=O) groups excluding carboxylic acids is 2. The number of phenols is 1. The summed E-state index contributed by atoms with van der Waals surface area (Å²) in [5.41, 5.74) is 2.64. The summed E-state index contributed by atoms with van der Waals surface area (Å²) in [4.78, 5) is 31.0. The van der Waals surface area contributed by atoms with Crippen LogP contribution in [0.5, 0.6) is 5.75 Å². The molecule has 2 heterocycles. The minimum atomic E-state index is -0.326. The molecular weight excluding hydrogens is 292 g/mol. The maximum Gasteiger partial charge on any atom is 0.255 e. The Labute approximate surface area is 134 Å². The van der Waals surface area contributed by atoms with Gasteiger partial charge in [0.2, 0.25) is 5.91 Å². The number of aromatic hydroxyl groups is 1. The van der Waals surface area contributed by atoms with Crippen LogP contribution in [0.25, 0.3) is 0 Å². The van der Waals surface area contributed by atoms with Gasteiger partial charge in [-0.3, -0.25) is 14.5 Å². The zero-order valence-corrected chi connectivity index (χ0v) is 13.0. The van der Waals surface area contributed by atoms with Gasteiger partial charge in [0.25, 0.3) is 5.91 Å². The quantitative estimate of drug-likeness (QED) is 0.798. The molecule has 1 aliphatic carbocycles. The number of hydrogen-bond acceptors (Lipinski definition) is 3. The van der Waals surface area contributed by atoms with Crippen molar-refractivity contribution in [2.24, 2.45) is 10.9 Å². The minimum Gasteiger partial charge on any atom is -0.508 e. The molecule has 2 amide bonds. The van der Waals surface area contributed by atoms with Crippen LogP contribution in [0.4, 0.5) is 0 Å². The lowest BCUT2D eigenvalue weighted by Gasteiger charge is -2.24. The van der Waals surface area contributed by atoms with E-state index in [2.05, 4.69) is 4.99 Å². The fourth-order valence-electron chi connectivity index (χ4n) is 3.69. The van der Waals surface area contributed by atoms with Crippen LogP contribution in [0.2, 0.25) is 0 Å². The molecule has 118 valence electrons. The third-order valence-corrected chi connectivity index (χ3v) is 4.99. The predicted molar refractivity (Wildman–Crippen MR) is 85.2 cm³/mol. The number of benzene rings is 1. The number of phenolic OH excluding ortho intramolecular Hbond substituents is 1. The lowest BCUT2D eigenvalue weighted by atomic mass is 9.83. The van der Waals surface area contributed by atoms with Gasteiger partial charge in [0.15, 0.2) is 0 Å². The first-order valence-corrected chi connectivity index (χ1v) is 8.02. The number of hydrogen-bond donors (Lipinski definition) is 1. The van der Waals surface area contributed by atoms with Crippen LogP contribution in [-0.2, 0) is 16.0 Å². The maximum absolute atomic E-state index is 12.7. The minimum absolute atomic E-state index is 0.0508. The summed E-state index contributed by atoms with van der Waals surface area (Å²) >= 11 is 0. The summed E-state index contributed by atoms with van der Waals surface area (Å²) in [6.45, 7) is 2.48. The van der Waals surface area contributed by atoms with E-state index in [0.29, 0.717) is 24.4 Å². The maximum atomic E-state index is 12.7. The second-order valence-electron chi connectivity index (χ2n) is 6.49. The van der Waals surface area contributed by atoms with Crippen molar-refractivity contribution in [3.63, 3.8) is 0 Å². The molecule has 4 rings (SSSR count). The van der Waals surface area contributed by atoms with Gasteiger partial charge in [0.05, 0.1) is 5.92 Å². The number of allylic oxidation sites excluding steroid dienone is 1. The SMILES string of the molecule is C[C@H]1CCCN2C(=O)C3=CCc4ccc(O)cc4C3C2=NC1=O. The van der Waals surface area contributed by atoms with Gasteiger partial charge in [-0.15, -0.1) is 0 Å². The Bertz CT molecular complexity index is 778. The van der Waals surface area contributed by atoms with E-state index in [1.54, 1.807) is 17.0 Å². The first-order valence-electron chi connectivity index (χ1n) is 8.02. The summed E-state index contributed by atoms with van der Waals surface area (Å²) in [6, 6.07) is 5.22. The number of nitrogens with zero attached hydrogens (tertiary/aromatic N) is 2. The van der Waals surface area contributed by atoms with Crippen LogP contribution in [-0.4, -0.2) is 34.2 Å². The molecule has 0 bridgehead atoms.